The highest BCUT2D eigenvalue weighted by molar-refractivity contribution is 5.93. The van der Waals surface area contributed by atoms with Gasteiger partial charge in [-0.25, -0.2) is 0 Å². The van der Waals surface area contributed by atoms with Gasteiger partial charge in [-0.3, -0.25) is 14.6 Å². The summed E-state index contributed by atoms with van der Waals surface area (Å²) in [5, 5.41) is 11.6. The first-order chi connectivity index (χ1) is 15.4. The first kappa shape index (κ1) is 22.2. The number of hydrogen-bond acceptors (Lipinski definition) is 6. The van der Waals surface area contributed by atoms with E-state index in [-0.39, 0.29) is 11.9 Å². The zero-order chi connectivity index (χ0) is 22.7. The Morgan fingerprint density at radius 3 is 2.56 bits per heavy atom. The van der Waals surface area contributed by atoms with Gasteiger partial charge in [0.2, 0.25) is 17.7 Å². The van der Waals surface area contributed by atoms with Crippen molar-refractivity contribution in [2.75, 3.05) is 38.0 Å². The maximum atomic E-state index is 12.5. The predicted octanol–water partition coefficient (Wildman–Crippen LogP) is 3.98. The van der Waals surface area contributed by atoms with Crippen LogP contribution in [-0.2, 0) is 4.79 Å². The molecule has 1 aliphatic heterocycles. The lowest BCUT2D eigenvalue weighted by Crippen LogP contribution is -2.49. The van der Waals surface area contributed by atoms with Crippen LogP contribution in [0.3, 0.4) is 0 Å². The van der Waals surface area contributed by atoms with E-state index in [4.69, 9.17) is 4.42 Å². The molecule has 32 heavy (non-hydrogen) atoms. The lowest BCUT2D eigenvalue weighted by molar-refractivity contribution is -0.117. The molecule has 0 saturated carbocycles. The van der Waals surface area contributed by atoms with Crippen LogP contribution in [0.4, 0.5) is 5.69 Å². The molecule has 0 aliphatic carbocycles. The monoisotopic (exact) mass is 433 g/mol. The van der Waals surface area contributed by atoms with Gasteiger partial charge in [0.15, 0.2) is 0 Å². The fourth-order valence-corrected chi connectivity index (χ4v) is 4.04. The Morgan fingerprint density at radius 2 is 1.81 bits per heavy atom. The molecule has 0 unspecified atom stereocenters. The van der Waals surface area contributed by atoms with E-state index in [9.17, 15) is 4.79 Å². The normalized spacial score (nSPS) is 16.1. The molecule has 1 aliphatic rings. The Kier molecular flexibility index (Phi) is 6.67. The smallest absolute Gasteiger partial charge is 0.247 e. The fourth-order valence-electron chi connectivity index (χ4n) is 4.04. The molecule has 3 aromatic rings. The van der Waals surface area contributed by atoms with E-state index in [1.807, 2.05) is 50.2 Å². The number of hydrogen-bond donors (Lipinski definition) is 1. The summed E-state index contributed by atoms with van der Waals surface area (Å²) in [7, 11) is 0. The summed E-state index contributed by atoms with van der Waals surface area (Å²) < 4.78 is 5.98. The summed E-state index contributed by atoms with van der Waals surface area (Å²) in [5.41, 5.74) is 5.28. The average molecular weight is 434 g/mol. The van der Waals surface area contributed by atoms with Crippen molar-refractivity contribution in [3.05, 3.63) is 65.0 Å². The van der Waals surface area contributed by atoms with Crippen LogP contribution in [0.2, 0.25) is 0 Å². The van der Waals surface area contributed by atoms with Crippen molar-refractivity contribution in [2.24, 2.45) is 0 Å². The topological polar surface area (TPSA) is 74.5 Å². The number of carbonyl (C=O) groups excluding carboxylic acids is 1. The molecule has 1 fully saturated rings. The lowest BCUT2D eigenvalue weighted by atomic mass is 10.1. The van der Waals surface area contributed by atoms with Crippen LogP contribution in [0.5, 0.6) is 0 Å². The van der Waals surface area contributed by atoms with Crippen molar-refractivity contribution in [2.45, 2.75) is 33.7 Å². The van der Waals surface area contributed by atoms with Gasteiger partial charge in [0.25, 0.3) is 0 Å². The number of rotatable bonds is 6. The Morgan fingerprint density at radius 1 is 1.06 bits per heavy atom. The van der Waals surface area contributed by atoms with Gasteiger partial charge in [0, 0.05) is 37.4 Å². The first-order valence-electron chi connectivity index (χ1n) is 11.1. The highest BCUT2D eigenvalue weighted by atomic mass is 16.4. The molecule has 1 amide bonds. The van der Waals surface area contributed by atoms with Crippen LogP contribution < -0.4 is 5.32 Å². The van der Waals surface area contributed by atoms with Crippen molar-refractivity contribution in [3.8, 4) is 11.5 Å². The van der Waals surface area contributed by atoms with Crippen molar-refractivity contribution in [1.82, 2.24) is 20.0 Å². The van der Waals surface area contributed by atoms with E-state index in [1.54, 1.807) is 0 Å². The zero-order valence-electron chi connectivity index (χ0n) is 19.3. The molecule has 1 saturated heterocycles. The number of nitrogens with one attached hydrogen (secondary N) is 1. The highest BCUT2D eigenvalue weighted by Crippen LogP contribution is 2.25. The molecule has 2 heterocycles. The van der Waals surface area contributed by atoms with Gasteiger partial charge in [-0.2, -0.15) is 0 Å². The minimum absolute atomic E-state index is 0.0277. The van der Waals surface area contributed by atoms with Crippen molar-refractivity contribution >= 4 is 11.6 Å². The van der Waals surface area contributed by atoms with Crippen LogP contribution in [0, 0.1) is 20.8 Å². The SMILES string of the molecule is Cc1cccc(-c2nnc([C@H](C)N3CCN(CC(=O)Nc4cccc(C)c4C)CC3)o2)c1. The molecule has 0 radical (unpaired) electrons. The summed E-state index contributed by atoms with van der Waals surface area (Å²) in [4.78, 5) is 17.1. The van der Waals surface area contributed by atoms with Crippen molar-refractivity contribution in [1.29, 1.82) is 0 Å². The lowest BCUT2D eigenvalue weighted by Gasteiger charge is -2.36. The number of carbonyl (C=O) groups is 1. The van der Waals surface area contributed by atoms with Gasteiger partial charge in [-0.1, -0.05) is 29.8 Å². The van der Waals surface area contributed by atoms with Crippen LogP contribution in [-0.4, -0.2) is 58.6 Å². The van der Waals surface area contributed by atoms with Gasteiger partial charge < -0.3 is 9.73 Å². The molecule has 7 nitrogen and oxygen atoms in total. The average Bonchev–Trinajstić information content (AvgIpc) is 3.27. The number of benzene rings is 2. The molecule has 1 N–H and O–H groups in total. The third kappa shape index (κ3) is 5.06. The Bertz CT molecular complexity index is 1090. The summed E-state index contributed by atoms with van der Waals surface area (Å²) in [6.45, 7) is 12.0. The summed E-state index contributed by atoms with van der Waals surface area (Å²) in [5.74, 6) is 1.21. The minimum Gasteiger partial charge on any atom is -0.419 e. The van der Waals surface area contributed by atoms with Gasteiger partial charge in [-0.15, -0.1) is 10.2 Å². The second-order valence-corrected chi connectivity index (χ2v) is 8.60. The number of aryl methyl sites for hydroxylation is 2. The largest absolute Gasteiger partial charge is 0.419 e. The van der Waals surface area contributed by atoms with Crippen LogP contribution in [0.25, 0.3) is 11.5 Å². The maximum Gasteiger partial charge on any atom is 0.247 e. The molecule has 7 heteroatoms. The predicted molar refractivity (Wildman–Crippen MR) is 125 cm³/mol. The number of amides is 1. The second kappa shape index (κ2) is 9.63. The number of piperazine rings is 1. The zero-order valence-corrected chi connectivity index (χ0v) is 19.3. The number of aromatic nitrogens is 2. The molecular weight excluding hydrogens is 402 g/mol. The molecule has 2 aromatic carbocycles. The summed E-state index contributed by atoms with van der Waals surface area (Å²) in [6, 6.07) is 14.1. The van der Waals surface area contributed by atoms with E-state index in [0.29, 0.717) is 18.3 Å². The highest BCUT2D eigenvalue weighted by Gasteiger charge is 2.26. The van der Waals surface area contributed by atoms with E-state index < -0.39 is 0 Å². The molecule has 168 valence electrons. The molecule has 0 spiro atoms. The standard InChI is InChI=1S/C25H31N5O2/c1-17-7-5-9-21(15-17)25-28-27-24(32-25)20(4)30-13-11-29(12-14-30)16-23(31)26-22-10-6-8-18(2)19(22)3/h5-10,15,20H,11-14,16H2,1-4H3,(H,26,31)/t20-/m0/s1. The van der Waals surface area contributed by atoms with Gasteiger partial charge in [-0.05, 0) is 57.0 Å². The van der Waals surface area contributed by atoms with Crippen LogP contribution in [0.15, 0.2) is 46.9 Å². The Balaban J connectivity index is 1.30. The number of nitrogens with zero attached hydrogens (tertiary/aromatic N) is 4. The Hall–Kier alpha value is -3.03. The number of anilines is 1. The van der Waals surface area contributed by atoms with Crippen LogP contribution in [0.1, 0.15) is 35.5 Å². The first-order valence-corrected chi connectivity index (χ1v) is 11.1. The molecule has 0 bridgehead atoms. The van der Waals surface area contributed by atoms with Crippen molar-refractivity contribution in [3.63, 3.8) is 0 Å². The Labute approximate surface area is 189 Å². The maximum absolute atomic E-state index is 12.5. The van der Waals surface area contributed by atoms with Gasteiger partial charge in [0.05, 0.1) is 12.6 Å². The van der Waals surface area contributed by atoms with Gasteiger partial charge >= 0.3 is 0 Å². The summed E-state index contributed by atoms with van der Waals surface area (Å²) >= 11 is 0. The van der Waals surface area contributed by atoms with Crippen LogP contribution >= 0.6 is 0 Å². The quantitative estimate of drug-likeness (QED) is 0.634. The van der Waals surface area contributed by atoms with Gasteiger partial charge in [0.1, 0.15) is 0 Å². The molecule has 1 atom stereocenters. The molecular formula is C25H31N5O2. The second-order valence-electron chi connectivity index (χ2n) is 8.60. The molecule has 1 aromatic heterocycles. The minimum atomic E-state index is 0.0277. The summed E-state index contributed by atoms with van der Waals surface area (Å²) in [6.07, 6.45) is 0. The third-order valence-corrected chi connectivity index (χ3v) is 6.26. The molecule has 4 rings (SSSR count). The van der Waals surface area contributed by atoms with Crippen molar-refractivity contribution < 1.29 is 9.21 Å². The van der Waals surface area contributed by atoms with E-state index in [2.05, 4.69) is 45.2 Å². The van der Waals surface area contributed by atoms with E-state index in [1.165, 1.54) is 5.56 Å². The fraction of sp³-hybridized carbons (Fsp3) is 0.400. The van der Waals surface area contributed by atoms with E-state index in [0.717, 1.165) is 48.6 Å². The third-order valence-electron chi connectivity index (χ3n) is 6.26. The van der Waals surface area contributed by atoms with E-state index >= 15 is 0 Å².